The van der Waals surface area contributed by atoms with E-state index in [9.17, 15) is 14.0 Å². The van der Waals surface area contributed by atoms with Gasteiger partial charge in [-0.15, -0.1) is 0 Å². The summed E-state index contributed by atoms with van der Waals surface area (Å²) in [6.45, 7) is 6.28. The van der Waals surface area contributed by atoms with E-state index in [1.165, 1.54) is 49.6 Å². The molecule has 0 unspecified atom stereocenters. The van der Waals surface area contributed by atoms with Gasteiger partial charge in [0.05, 0.1) is 38.1 Å². The molecule has 5 aromatic rings. The Morgan fingerprint density at radius 2 is 1.75 bits per heavy atom. The largest absolute Gasteiger partial charge is 0.493 e. The molecule has 0 saturated carbocycles. The van der Waals surface area contributed by atoms with Crippen molar-refractivity contribution in [2.45, 2.75) is 13.3 Å². The highest BCUT2D eigenvalue weighted by Crippen LogP contribution is 2.37. The number of fused-ring (bicyclic) bond motifs is 1. The van der Waals surface area contributed by atoms with Crippen molar-refractivity contribution in [1.82, 2.24) is 19.7 Å². The van der Waals surface area contributed by atoms with Gasteiger partial charge in [0, 0.05) is 55.1 Å². The van der Waals surface area contributed by atoms with Crippen LogP contribution in [0.25, 0.3) is 16.6 Å². The predicted octanol–water partition coefficient (Wildman–Crippen LogP) is 5.52. The van der Waals surface area contributed by atoms with Crippen LogP contribution < -0.4 is 25.1 Å². The topological polar surface area (TPSA) is 117 Å². The number of pyridine rings is 1. The summed E-state index contributed by atoms with van der Waals surface area (Å²) in [6, 6.07) is 15.4. The number of nitrogens with one attached hydrogen (secondary N) is 1. The van der Waals surface area contributed by atoms with Gasteiger partial charge in [0.15, 0.2) is 28.8 Å². The maximum Gasteiger partial charge on any atom is 0.276 e. The van der Waals surface area contributed by atoms with Crippen molar-refractivity contribution in [2.24, 2.45) is 0 Å². The first-order valence-electron chi connectivity index (χ1n) is 15.3. The number of carbonyl (C=O) groups excluding carboxylic acids is 1. The Balaban J connectivity index is 1.19. The highest BCUT2D eigenvalue weighted by atomic mass is 19.1. The summed E-state index contributed by atoms with van der Waals surface area (Å²) in [6.07, 6.45) is 2.38. The number of benzene rings is 3. The van der Waals surface area contributed by atoms with E-state index in [4.69, 9.17) is 18.9 Å². The molecule has 1 N–H and O–H groups in total. The van der Waals surface area contributed by atoms with Crippen LogP contribution in [-0.2, 0) is 4.74 Å². The van der Waals surface area contributed by atoms with Crippen LogP contribution in [0.4, 0.5) is 14.5 Å². The van der Waals surface area contributed by atoms with E-state index < -0.39 is 23.1 Å². The normalized spacial score (nSPS) is 13.3. The van der Waals surface area contributed by atoms with E-state index in [-0.39, 0.29) is 17.1 Å². The second-order valence-electron chi connectivity index (χ2n) is 11.1. The third kappa shape index (κ3) is 7.42. The Labute approximate surface area is 274 Å². The number of aryl methyl sites for hydroxylation is 1. The molecular formula is C35H33F2N5O6. The van der Waals surface area contributed by atoms with Gasteiger partial charge in [-0.05, 0) is 67.4 Å². The summed E-state index contributed by atoms with van der Waals surface area (Å²) in [5.41, 5.74) is 0.686. The quantitative estimate of drug-likeness (QED) is 0.183. The van der Waals surface area contributed by atoms with Crippen LogP contribution in [0.15, 0.2) is 77.7 Å². The number of methoxy groups -OCH3 is 1. The van der Waals surface area contributed by atoms with Crippen LogP contribution in [0.1, 0.15) is 22.5 Å². The molecule has 2 aromatic heterocycles. The minimum Gasteiger partial charge on any atom is -0.493 e. The first kappa shape index (κ1) is 32.5. The Morgan fingerprint density at radius 1 is 0.958 bits per heavy atom. The van der Waals surface area contributed by atoms with Crippen LogP contribution in [0.2, 0.25) is 0 Å². The number of rotatable bonds is 11. The van der Waals surface area contributed by atoms with E-state index in [1.807, 2.05) is 0 Å². The lowest BCUT2D eigenvalue weighted by Gasteiger charge is -2.26. The van der Waals surface area contributed by atoms with Gasteiger partial charge < -0.3 is 24.3 Å². The molecule has 0 spiro atoms. The highest BCUT2D eigenvalue weighted by molar-refractivity contribution is 6.03. The maximum absolute atomic E-state index is 15.5. The highest BCUT2D eigenvalue weighted by Gasteiger charge is 2.18. The van der Waals surface area contributed by atoms with Crippen molar-refractivity contribution in [3.8, 4) is 28.7 Å². The molecule has 0 atom stereocenters. The molecule has 1 aliphatic heterocycles. The molecule has 0 aliphatic carbocycles. The zero-order valence-corrected chi connectivity index (χ0v) is 26.4. The Hall–Kier alpha value is -5.40. The molecule has 1 amide bonds. The van der Waals surface area contributed by atoms with E-state index in [1.54, 1.807) is 31.3 Å². The monoisotopic (exact) mass is 657 g/mol. The third-order valence-electron chi connectivity index (χ3n) is 7.79. The lowest BCUT2D eigenvalue weighted by Crippen LogP contribution is -2.37. The lowest BCUT2D eigenvalue weighted by atomic mass is 10.1. The number of hydrogen-bond acceptors (Lipinski definition) is 9. The lowest BCUT2D eigenvalue weighted by molar-refractivity contribution is 0.0357. The van der Waals surface area contributed by atoms with Gasteiger partial charge in [-0.3, -0.25) is 19.5 Å². The fraction of sp³-hybridized carbons (Fsp3) is 0.257. The van der Waals surface area contributed by atoms with E-state index in [0.29, 0.717) is 46.0 Å². The number of carbonyl (C=O) groups is 1. The van der Waals surface area contributed by atoms with Gasteiger partial charge in [0.1, 0.15) is 11.6 Å². The number of anilines is 1. The number of amides is 1. The van der Waals surface area contributed by atoms with Crippen molar-refractivity contribution in [2.75, 3.05) is 51.9 Å². The van der Waals surface area contributed by atoms with Gasteiger partial charge in [-0.1, -0.05) is 0 Å². The molecule has 11 nitrogen and oxygen atoms in total. The summed E-state index contributed by atoms with van der Waals surface area (Å²) >= 11 is 0. The van der Waals surface area contributed by atoms with E-state index in [2.05, 4.69) is 20.3 Å². The van der Waals surface area contributed by atoms with Crippen molar-refractivity contribution in [3.63, 3.8) is 0 Å². The van der Waals surface area contributed by atoms with Gasteiger partial charge in [-0.2, -0.15) is 9.78 Å². The number of nitrogens with zero attached hydrogens (tertiary/aromatic N) is 4. The minimum absolute atomic E-state index is 0.0580. The molecule has 6 rings (SSSR count). The SMILES string of the molecule is COc1cc2c(Oc3ccc(-n4nc(C(=O)Nc5ccc(F)cc5)c(C)cc4=O)cc3F)ccnc2cc1OCCCN1CCOCC1. The molecule has 48 heavy (non-hydrogen) atoms. The second kappa shape index (κ2) is 14.6. The molecule has 13 heteroatoms. The van der Waals surface area contributed by atoms with Crippen LogP contribution in [0.5, 0.6) is 23.0 Å². The first-order chi connectivity index (χ1) is 23.3. The van der Waals surface area contributed by atoms with Crippen molar-refractivity contribution in [3.05, 3.63) is 106 Å². The van der Waals surface area contributed by atoms with Crippen molar-refractivity contribution in [1.29, 1.82) is 0 Å². The molecule has 0 radical (unpaired) electrons. The summed E-state index contributed by atoms with van der Waals surface area (Å²) in [7, 11) is 1.54. The molecular weight excluding hydrogens is 624 g/mol. The molecule has 248 valence electrons. The van der Waals surface area contributed by atoms with Gasteiger partial charge >= 0.3 is 0 Å². The number of ether oxygens (including phenoxy) is 4. The number of hydrogen-bond donors (Lipinski definition) is 1. The van der Waals surface area contributed by atoms with Gasteiger partial charge in [0.2, 0.25) is 0 Å². The number of halogens is 2. The van der Waals surface area contributed by atoms with Crippen LogP contribution in [-0.4, -0.2) is 72.1 Å². The van der Waals surface area contributed by atoms with Gasteiger partial charge in [0.25, 0.3) is 11.5 Å². The molecule has 1 aliphatic rings. The van der Waals surface area contributed by atoms with E-state index >= 15 is 4.39 Å². The van der Waals surface area contributed by atoms with E-state index in [0.717, 1.165) is 50.0 Å². The Kier molecular flexibility index (Phi) is 9.88. The summed E-state index contributed by atoms with van der Waals surface area (Å²) in [5, 5.41) is 7.39. The average Bonchev–Trinajstić information content (AvgIpc) is 3.09. The van der Waals surface area contributed by atoms with Crippen molar-refractivity contribution < 1.29 is 32.5 Å². The first-order valence-corrected chi connectivity index (χ1v) is 15.3. The van der Waals surface area contributed by atoms with Crippen LogP contribution in [0, 0.1) is 18.6 Å². The third-order valence-corrected chi connectivity index (χ3v) is 7.79. The molecule has 0 bridgehead atoms. The zero-order chi connectivity index (χ0) is 33.6. The number of aromatic nitrogens is 3. The zero-order valence-electron chi connectivity index (χ0n) is 26.4. The maximum atomic E-state index is 15.5. The standard InChI is InChI=1S/C35H33F2N5O6/c1-22-18-33(43)42(40-34(22)35(44)39-24-6-4-23(36)5-7-24)25-8-9-30(27(37)19-25)48-29-10-11-38-28-21-32(31(45-2)20-26(28)29)47-15-3-12-41-13-16-46-17-14-41/h4-11,18-21H,3,12-17H2,1-2H3,(H,39,44). The fourth-order valence-electron chi connectivity index (χ4n) is 5.28. The molecule has 3 aromatic carbocycles. The molecule has 1 fully saturated rings. The molecule has 1 saturated heterocycles. The average molecular weight is 658 g/mol. The fourth-order valence-corrected chi connectivity index (χ4v) is 5.28. The van der Waals surface area contributed by atoms with Gasteiger partial charge in [-0.25, -0.2) is 8.78 Å². The van der Waals surface area contributed by atoms with Crippen molar-refractivity contribution >= 4 is 22.5 Å². The summed E-state index contributed by atoms with van der Waals surface area (Å²) in [4.78, 5) is 32.5. The van der Waals surface area contributed by atoms with Crippen LogP contribution in [0.3, 0.4) is 0 Å². The second-order valence-corrected chi connectivity index (χ2v) is 11.1. The Morgan fingerprint density at radius 3 is 2.50 bits per heavy atom. The summed E-state index contributed by atoms with van der Waals surface area (Å²) < 4.78 is 52.7. The number of morpholine rings is 1. The predicted molar refractivity (Wildman–Crippen MR) is 175 cm³/mol. The smallest absolute Gasteiger partial charge is 0.276 e. The molecule has 3 heterocycles. The minimum atomic E-state index is -0.767. The Bertz CT molecular complexity index is 2000. The summed E-state index contributed by atoms with van der Waals surface area (Å²) in [5.74, 6) is -0.601. The van der Waals surface area contributed by atoms with Crippen LogP contribution >= 0.6 is 0 Å².